The molecule has 0 radical (unpaired) electrons. The Morgan fingerprint density at radius 1 is 1.04 bits per heavy atom. The second-order valence-electron chi connectivity index (χ2n) is 9.04. The first-order valence-corrected chi connectivity index (χ1v) is 9.68. The van der Waals surface area contributed by atoms with Crippen molar-refractivity contribution in [2.75, 3.05) is 0 Å². The normalized spacial score (nSPS) is 44.7. The number of carbonyl (C=O) groups is 4. The minimum absolute atomic E-state index is 0.0254. The molecule has 5 heteroatoms. The summed E-state index contributed by atoms with van der Waals surface area (Å²) in [5.74, 6) is -0.355. The summed E-state index contributed by atoms with van der Waals surface area (Å²) in [6.07, 6.45) is 4.69. The third-order valence-corrected chi connectivity index (χ3v) is 7.84. The maximum Gasteiger partial charge on any atom is 0.303 e. The summed E-state index contributed by atoms with van der Waals surface area (Å²) < 4.78 is 5.54. The van der Waals surface area contributed by atoms with Crippen LogP contribution in [0.3, 0.4) is 0 Å². The largest absolute Gasteiger partial charge is 0.454 e. The molecule has 3 saturated carbocycles. The third-order valence-electron chi connectivity index (χ3n) is 7.84. The van der Waals surface area contributed by atoms with Gasteiger partial charge in [-0.25, -0.2) is 0 Å². The highest BCUT2D eigenvalue weighted by Crippen LogP contribution is 2.64. The molecule has 0 amide bonds. The van der Waals surface area contributed by atoms with Gasteiger partial charge >= 0.3 is 5.97 Å². The average Bonchev–Trinajstić information content (AvgIpc) is 2.88. The van der Waals surface area contributed by atoms with Crippen molar-refractivity contribution in [3.8, 4) is 0 Å². The number of Topliss-reactive ketones (excluding diaryl/α,β-unsaturated/α-hetero) is 2. The molecule has 140 valence electrons. The summed E-state index contributed by atoms with van der Waals surface area (Å²) in [6, 6.07) is 0. The lowest BCUT2D eigenvalue weighted by Gasteiger charge is -2.57. The Hall–Kier alpha value is -1.78. The summed E-state index contributed by atoms with van der Waals surface area (Å²) >= 11 is 0. The van der Waals surface area contributed by atoms with E-state index < -0.39 is 17.5 Å². The molecule has 4 aliphatic rings. The topological polar surface area (TPSA) is 77.5 Å². The number of hydrogen-bond donors (Lipinski definition) is 0. The molecule has 0 aliphatic heterocycles. The van der Waals surface area contributed by atoms with Crippen LogP contribution in [0.1, 0.15) is 59.3 Å². The van der Waals surface area contributed by atoms with Gasteiger partial charge in [0.15, 0.2) is 17.7 Å². The van der Waals surface area contributed by atoms with Crippen molar-refractivity contribution in [3.05, 3.63) is 11.6 Å². The fourth-order valence-electron chi connectivity index (χ4n) is 6.43. The highest BCUT2D eigenvalue weighted by molar-refractivity contribution is 6.08. The molecule has 0 aromatic heterocycles. The van der Waals surface area contributed by atoms with Gasteiger partial charge in [0.05, 0.1) is 0 Å². The van der Waals surface area contributed by atoms with Crippen molar-refractivity contribution in [3.63, 3.8) is 0 Å². The Morgan fingerprint density at radius 3 is 2.42 bits per heavy atom. The molecule has 4 rings (SSSR count). The third kappa shape index (κ3) is 2.21. The van der Waals surface area contributed by atoms with Crippen molar-refractivity contribution in [2.24, 2.45) is 28.6 Å². The molecule has 0 aromatic rings. The minimum atomic E-state index is -0.863. The zero-order valence-corrected chi connectivity index (χ0v) is 15.7. The number of rotatable bonds is 1. The first kappa shape index (κ1) is 17.6. The van der Waals surface area contributed by atoms with Crippen LogP contribution < -0.4 is 0 Å². The number of ketones is 3. The maximum absolute atomic E-state index is 13.3. The molecule has 0 unspecified atom stereocenters. The van der Waals surface area contributed by atoms with Crippen LogP contribution in [-0.4, -0.2) is 29.4 Å². The highest BCUT2D eigenvalue weighted by atomic mass is 16.5. The fraction of sp³-hybridized carbons (Fsp3) is 0.714. The van der Waals surface area contributed by atoms with Crippen molar-refractivity contribution in [2.45, 2.75) is 65.4 Å². The van der Waals surface area contributed by atoms with E-state index in [0.29, 0.717) is 24.8 Å². The second kappa shape index (κ2) is 5.61. The molecule has 26 heavy (non-hydrogen) atoms. The molecule has 0 N–H and O–H groups in total. The van der Waals surface area contributed by atoms with Gasteiger partial charge in [0.25, 0.3) is 0 Å². The van der Waals surface area contributed by atoms with Crippen LogP contribution in [0, 0.1) is 28.6 Å². The average molecular weight is 358 g/mol. The van der Waals surface area contributed by atoms with Crippen LogP contribution in [-0.2, 0) is 23.9 Å². The van der Waals surface area contributed by atoms with Gasteiger partial charge in [-0.15, -0.1) is 0 Å². The van der Waals surface area contributed by atoms with Gasteiger partial charge in [-0.2, -0.15) is 0 Å². The van der Waals surface area contributed by atoms with Crippen molar-refractivity contribution in [1.82, 2.24) is 0 Å². The summed E-state index contributed by atoms with van der Waals surface area (Å²) in [4.78, 5) is 49.6. The van der Waals surface area contributed by atoms with Crippen molar-refractivity contribution < 1.29 is 23.9 Å². The van der Waals surface area contributed by atoms with Crippen LogP contribution >= 0.6 is 0 Å². The molecule has 5 nitrogen and oxygen atoms in total. The van der Waals surface area contributed by atoms with E-state index in [2.05, 4.69) is 6.92 Å². The van der Waals surface area contributed by atoms with E-state index >= 15 is 0 Å². The molecule has 0 bridgehead atoms. The van der Waals surface area contributed by atoms with E-state index in [1.54, 1.807) is 0 Å². The Kier molecular flexibility index (Phi) is 3.80. The van der Waals surface area contributed by atoms with Gasteiger partial charge in [-0.1, -0.05) is 13.8 Å². The lowest BCUT2D eigenvalue weighted by molar-refractivity contribution is -0.172. The maximum atomic E-state index is 13.3. The van der Waals surface area contributed by atoms with Gasteiger partial charge in [0, 0.05) is 36.7 Å². The van der Waals surface area contributed by atoms with E-state index in [4.69, 9.17) is 4.74 Å². The molecular formula is C21H26O5. The Morgan fingerprint density at radius 2 is 1.73 bits per heavy atom. The molecule has 3 fully saturated rings. The molecule has 0 aromatic carbocycles. The SMILES string of the molecule is CC(=O)O[C@@H]1C(=O)C2=CC(=O)CC[C@]2(C)[C@H]2CC[C@]3(C)C(=O)CC[C@H]3[C@H]12. The zero-order valence-electron chi connectivity index (χ0n) is 15.7. The van der Waals surface area contributed by atoms with Crippen LogP contribution in [0.4, 0.5) is 0 Å². The summed E-state index contributed by atoms with van der Waals surface area (Å²) in [5.41, 5.74) is -0.240. The van der Waals surface area contributed by atoms with Gasteiger partial charge in [0.2, 0.25) is 0 Å². The number of hydrogen-bond acceptors (Lipinski definition) is 5. The van der Waals surface area contributed by atoms with Crippen LogP contribution in [0.25, 0.3) is 0 Å². The van der Waals surface area contributed by atoms with Crippen LogP contribution in [0.2, 0.25) is 0 Å². The standard InChI is InChI=1S/C21H26O5/c1-11(22)26-19-17-13-4-5-16(24)21(13,3)9-7-14(17)20(2)8-6-12(23)10-15(20)18(19)25/h10,13-14,17,19H,4-9H2,1-3H3/t13-,14-,17-,19-,20+,21-/m0/s1. The quantitative estimate of drug-likeness (QED) is 0.674. The number of ether oxygens (including phenoxy) is 1. The monoisotopic (exact) mass is 358 g/mol. The van der Waals surface area contributed by atoms with Gasteiger partial charge < -0.3 is 4.74 Å². The van der Waals surface area contributed by atoms with Crippen LogP contribution in [0.5, 0.6) is 0 Å². The summed E-state index contributed by atoms with van der Waals surface area (Å²) in [5, 5.41) is 0. The second-order valence-corrected chi connectivity index (χ2v) is 9.04. The zero-order chi connectivity index (χ0) is 18.9. The Bertz CT molecular complexity index is 750. The molecule has 0 heterocycles. The van der Waals surface area contributed by atoms with Crippen molar-refractivity contribution in [1.29, 1.82) is 0 Å². The molecule has 0 spiro atoms. The lowest BCUT2D eigenvalue weighted by Crippen LogP contribution is -2.60. The summed E-state index contributed by atoms with van der Waals surface area (Å²) in [6.45, 7) is 5.43. The Balaban J connectivity index is 1.84. The van der Waals surface area contributed by atoms with E-state index in [1.807, 2.05) is 6.92 Å². The predicted octanol–water partition coefficient (Wildman–Crippen LogP) is 2.81. The number of fused-ring (bicyclic) bond motifs is 5. The van der Waals surface area contributed by atoms with Gasteiger partial charge in [-0.05, 0) is 49.0 Å². The van der Waals surface area contributed by atoms with Gasteiger partial charge in [0.1, 0.15) is 5.78 Å². The van der Waals surface area contributed by atoms with E-state index in [9.17, 15) is 19.2 Å². The van der Waals surface area contributed by atoms with E-state index in [1.165, 1.54) is 13.0 Å². The van der Waals surface area contributed by atoms with Crippen LogP contribution in [0.15, 0.2) is 11.6 Å². The van der Waals surface area contributed by atoms with Crippen molar-refractivity contribution >= 4 is 23.3 Å². The first-order chi connectivity index (χ1) is 12.2. The first-order valence-electron chi connectivity index (χ1n) is 9.68. The van der Waals surface area contributed by atoms with E-state index in [-0.39, 0.29) is 40.5 Å². The van der Waals surface area contributed by atoms with Gasteiger partial charge in [-0.3, -0.25) is 19.2 Å². The Labute approximate surface area is 153 Å². The molecule has 6 atom stereocenters. The van der Waals surface area contributed by atoms with E-state index in [0.717, 1.165) is 19.3 Å². The minimum Gasteiger partial charge on any atom is -0.454 e. The molecule has 4 aliphatic carbocycles. The predicted molar refractivity (Wildman–Crippen MR) is 93.0 cm³/mol. The smallest absolute Gasteiger partial charge is 0.303 e. The summed E-state index contributed by atoms with van der Waals surface area (Å²) in [7, 11) is 0. The highest BCUT2D eigenvalue weighted by Gasteiger charge is 2.64. The molecular weight excluding hydrogens is 332 g/mol. The number of esters is 1. The number of carbonyl (C=O) groups excluding carboxylic acids is 4. The lowest BCUT2D eigenvalue weighted by atomic mass is 9.46. The fourth-order valence-corrected chi connectivity index (χ4v) is 6.43. The molecule has 0 saturated heterocycles.